The summed E-state index contributed by atoms with van der Waals surface area (Å²) in [6.45, 7) is 2.06. The second-order valence-electron chi connectivity index (χ2n) is 3.31. The zero-order valence-electron chi connectivity index (χ0n) is 7.36. The van der Waals surface area contributed by atoms with Gasteiger partial charge >= 0.3 is 0 Å². The summed E-state index contributed by atoms with van der Waals surface area (Å²) in [4.78, 5) is 4.27. The molecule has 3 rings (SSSR count). The van der Waals surface area contributed by atoms with E-state index in [0.29, 0.717) is 0 Å². The molecular formula is C10H9N3. The molecule has 64 valence electrons. The van der Waals surface area contributed by atoms with Crippen molar-refractivity contribution in [3.8, 4) is 0 Å². The van der Waals surface area contributed by atoms with Crippen molar-refractivity contribution in [2.24, 2.45) is 0 Å². The van der Waals surface area contributed by atoms with Crippen LogP contribution in [0.3, 0.4) is 0 Å². The lowest BCUT2D eigenvalue weighted by atomic mass is 10.1. The zero-order chi connectivity index (χ0) is 8.84. The molecule has 0 aliphatic heterocycles. The van der Waals surface area contributed by atoms with Crippen LogP contribution in [0.4, 0.5) is 0 Å². The maximum atomic E-state index is 4.27. The maximum Gasteiger partial charge on any atom is 0.136 e. The van der Waals surface area contributed by atoms with Gasteiger partial charge in [0.2, 0.25) is 0 Å². The predicted molar refractivity (Wildman–Crippen MR) is 50.5 cm³/mol. The van der Waals surface area contributed by atoms with Gasteiger partial charge in [-0.05, 0) is 13.0 Å². The summed E-state index contributed by atoms with van der Waals surface area (Å²) in [7, 11) is 0. The molecule has 0 fully saturated rings. The quantitative estimate of drug-likeness (QED) is 0.602. The van der Waals surface area contributed by atoms with Gasteiger partial charge in [0.15, 0.2) is 0 Å². The molecular weight excluding hydrogens is 162 g/mol. The number of rotatable bonds is 0. The Balaban J connectivity index is 2.57. The number of nitrogens with zero attached hydrogens (tertiary/aromatic N) is 3. The fraction of sp³-hybridized carbons (Fsp3) is 0.200. The molecule has 0 unspecified atom stereocenters. The molecule has 1 aliphatic carbocycles. The highest BCUT2D eigenvalue weighted by Crippen LogP contribution is 2.23. The normalized spacial score (nSPS) is 13.9. The fourth-order valence-electron chi connectivity index (χ4n) is 1.87. The Morgan fingerprint density at radius 2 is 2.38 bits per heavy atom. The van der Waals surface area contributed by atoms with Crippen molar-refractivity contribution in [1.82, 2.24) is 14.6 Å². The van der Waals surface area contributed by atoms with Crippen molar-refractivity contribution in [3.05, 3.63) is 35.4 Å². The van der Waals surface area contributed by atoms with E-state index in [1.165, 1.54) is 16.8 Å². The minimum atomic E-state index is 0.919. The molecule has 3 heteroatoms. The third-order valence-corrected chi connectivity index (χ3v) is 2.45. The average Bonchev–Trinajstić information content (AvgIpc) is 2.47. The van der Waals surface area contributed by atoms with Gasteiger partial charge in [0, 0.05) is 17.7 Å². The summed E-state index contributed by atoms with van der Waals surface area (Å²) >= 11 is 0. The van der Waals surface area contributed by atoms with Crippen LogP contribution in [0.15, 0.2) is 18.5 Å². The zero-order valence-corrected chi connectivity index (χ0v) is 7.36. The lowest BCUT2D eigenvalue weighted by molar-refractivity contribution is 0.849. The van der Waals surface area contributed by atoms with Gasteiger partial charge in [-0.3, -0.25) is 0 Å². The van der Waals surface area contributed by atoms with Crippen LogP contribution in [0.2, 0.25) is 0 Å². The van der Waals surface area contributed by atoms with E-state index in [9.17, 15) is 0 Å². The first-order valence-electron chi connectivity index (χ1n) is 4.35. The largest absolute Gasteiger partial charge is 0.237 e. The summed E-state index contributed by atoms with van der Waals surface area (Å²) < 4.78 is 1.96. The van der Waals surface area contributed by atoms with Gasteiger partial charge in [0.05, 0.1) is 11.2 Å². The molecule has 2 aromatic rings. The number of allylic oxidation sites excluding steroid dienone is 1. The number of hydrogen-bond donors (Lipinski definition) is 0. The Hall–Kier alpha value is -1.64. The van der Waals surface area contributed by atoms with Gasteiger partial charge in [-0.15, -0.1) is 0 Å². The van der Waals surface area contributed by atoms with E-state index in [1.54, 1.807) is 6.33 Å². The molecule has 2 heterocycles. The first-order valence-corrected chi connectivity index (χ1v) is 4.35. The first kappa shape index (κ1) is 6.83. The van der Waals surface area contributed by atoms with E-state index in [2.05, 4.69) is 35.2 Å². The first-order chi connectivity index (χ1) is 6.36. The van der Waals surface area contributed by atoms with Crippen molar-refractivity contribution in [2.45, 2.75) is 13.3 Å². The van der Waals surface area contributed by atoms with Crippen LogP contribution >= 0.6 is 0 Å². The SMILES string of the molecule is Cc1cc2c3c(ncnn13)CC=C2. The van der Waals surface area contributed by atoms with E-state index in [0.717, 1.165) is 12.1 Å². The van der Waals surface area contributed by atoms with Crippen molar-refractivity contribution in [3.63, 3.8) is 0 Å². The molecule has 0 radical (unpaired) electrons. The van der Waals surface area contributed by atoms with Gasteiger partial charge in [0.1, 0.15) is 6.33 Å². The topological polar surface area (TPSA) is 30.2 Å². The maximum absolute atomic E-state index is 4.27. The molecule has 0 spiro atoms. The highest BCUT2D eigenvalue weighted by atomic mass is 15.2. The van der Waals surface area contributed by atoms with E-state index in [1.807, 2.05) is 4.52 Å². The summed E-state index contributed by atoms with van der Waals surface area (Å²) in [5.74, 6) is 0. The van der Waals surface area contributed by atoms with E-state index >= 15 is 0 Å². The highest BCUT2D eigenvalue weighted by Gasteiger charge is 2.12. The minimum Gasteiger partial charge on any atom is -0.237 e. The molecule has 0 saturated carbocycles. The Bertz CT molecular complexity index is 508. The standard InChI is InChI=1S/C10H9N3/c1-7-5-8-3-2-4-9-10(8)13(7)12-6-11-9/h2-3,5-6H,4H2,1H3. The van der Waals surface area contributed by atoms with Gasteiger partial charge < -0.3 is 0 Å². The molecule has 0 bridgehead atoms. The lowest BCUT2D eigenvalue weighted by Crippen LogP contribution is -2.01. The predicted octanol–water partition coefficient (Wildman–Crippen LogP) is 1.61. The monoisotopic (exact) mass is 171 g/mol. The van der Waals surface area contributed by atoms with Crippen LogP contribution in [0.1, 0.15) is 17.0 Å². The lowest BCUT2D eigenvalue weighted by Gasteiger charge is -2.05. The minimum absolute atomic E-state index is 0.919. The van der Waals surface area contributed by atoms with Crippen LogP contribution in [0.25, 0.3) is 11.6 Å². The van der Waals surface area contributed by atoms with E-state index in [-0.39, 0.29) is 0 Å². The van der Waals surface area contributed by atoms with Gasteiger partial charge in [0.25, 0.3) is 0 Å². The molecule has 13 heavy (non-hydrogen) atoms. The summed E-state index contributed by atoms with van der Waals surface area (Å²) in [5, 5.41) is 4.22. The van der Waals surface area contributed by atoms with E-state index in [4.69, 9.17) is 0 Å². The van der Waals surface area contributed by atoms with Crippen LogP contribution in [0, 0.1) is 6.92 Å². The Morgan fingerprint density at radius 1 is 1.46 bits per heavy atom. The van der Waals surface area contributed by atoms with Crippen molar-refractivity contribution in [2.75, 3.05) is 0 Å². The van der Waals surface area contributed by atoms with Crippen LogP contribution in [-0.2, 0) is 6.42 Å². The van der Waals surface area contributed by atoms with Gasteiger partial charge in [-0.2, -0.15) is 5.10 Å². The van der Waals surface area contributed by atoms with Crippen molar-refractivity contribution >= 4 is 11.6 Å². The Labute approximate surface area is 75.7 Å². The molecule has 0 atom stereocenters. The molecule has 2 aromatic heterocycles. The Kier molecular flexibility index (Phi) is 1.15. The summed E-state index contributed by atoms with van der Waals surface area (Å²) in [6.07, 6.45) is 6.82. The van der Waals surface area contributed by atoms with Crippen LogP contribution in [0.5, 0.6) is 0 Å². The summed E-state index contributed by atoms with van der Waals surface area (Å²) in [5.41, 5.74) is 4.70. The van der Waals surface area contributed by atoms with Crippen LogP contribution in [-0.4, -0.2) is 14.6 Å². The van der Waals surface area contributed by atoms with Crippen LogP contribution < -0.4 is 0 Å². The van der Waals surface area contributed by atoms with Gasteiger partial charge in [-0.25, -0.2) is 9.50 Å². The number of hydrogen-bond acceptors (Lipinski definition) is 2. The second-order valence-corrected chi connectivity index (χ2v) is 3.31. The number of aryl methyl sites for hydroxylation is 1. The van der Waals surface area contributed by atoms with Crippen molar-refractivity contribution < 1.29 is 0 Å². The second kappa shape index (κ2) is 2.19. The molecule has 3 nitrogen and oxygen atoms in total. The fourth-order valence-corrected chi connectivity index (χ4v) is 1.87. The highest BCUT2D eigenvalue weighted by molar-refractivity contribution is 5.75. The average molecular weight is 171 g/mol. The summed E-state index contributed by atoms with van der Waals surface area (Å²) in [6, 6.07) is 2.14. The third-order valence-electron chi connectivity index (χ3n) is 2.45. The van der Waals surface area contributed by atoms with E-state index < -0.39 is 0 Å². The smallest absolute Gasteiger partial charge is 0.136 e. The van der Waals surface area contributed by atoms with Gasteiger partial charge in [-0.1, -0.05) is 12.2 Å². The number of aromatic nitrogens is 3. The molecule has 1 aliphatic rings. The molecule has 0 N–H and O–H groups in total. The molecule has 0 amide bonds. The molecule has 0 aromatic carbocycles. The Morgan fingerprint density at radius 3 is 3.31 bits per heavy atom. The molecule has 0 saturated heterocycles. The van der Waals surface area contributed by atoms with Crippen molar-refractivity contribution in [1.29, 1.82) is 0 Å². The third kappa shape index (κ3) is 0.786.